The fourth-order valence-electron chi connectivity index (χ4n) is 3.62. The number of carbonyl (C=O) groups excluding carboxylic acids is 2. The molecule has 31 heavy (non-hydrogen) atoms. The van der Waals surface area contributed by atoms with Crippen molar-refractivity contribution in [3.05, 3.63) is 52.9 Å². The van der Waals surface area contributed by atoms with E-state index in [9.17, 15) is 9.59 Å². The van der Waals surface area contributed by atoms with Crippen LogP contribution in [-0.4, -0.2) is 46.5 Å². The molecule has 0 spiro atoms. The number of dihydropyridines is 1. The maximum atomic E-state index is 13.0. The molecule has 0 aromatic heterocycles. The standard InChI is InChI=1S/C23H29NO7/c1-8-12-31-23(26)18-14(4)24-13(3)17(22(25)30-9-2)19(18)15-10-11-16(27-5)21(29-7)20(15)28-6/h8,10-11,19,24H,1,9,12H2,2-7H3. The number of esters is 2. The molecule has 0 fully saturated rings. The van der Waals surface area contributed by atoms with E-state index in [2.05, 4.69) is 11.9 Å². The molecule has 1 aromatic rings. The summed E-state index contributed by atoms with van der Waals surface area (Å²) in [5, 5.41) is 3.10. The number of benzene rings is 1. The fraction of sp³-hybridized carbons (Fsp3) is 0.391. The lowest BCUT2D eigenvalue weighted by Crippen LogP contribution is -2.32. The normalized spacial score (nSPS) is 15.7. The summed E-state index contributed by atoms with van der Waals surface area (Å²) in [4.78, 5) is 26.0. The van der Waals surface area contributed by atoms with E-state index < -0.39 is 17.9 Å². The Morgan fingerprint density at radius 3 is 2.03 bits per heavy atom. The Balaban J connectivity index is 2.81. The van der Waals surface area contributed by atoms with E-state index in [1.54, 1.807) is 32.9 Å². The van der Waals surface area contributed by atoms with Gasteiger partial charge in [-0.25, -0.2) is 9.59 Å². The summed E-state index contributed by atoms with van der Waals surface area (Å²) < 4.78 is 27.1. The first kappa shape index (κ1) is 23.9. The van der Waals surface area contributed by atoms with Gasteiger partial charge in [-0.15, -0.1) is 0 Å². The molecule has 0 aliphatic carbocycles. The number of ether oxygens (including phenoxy) is 5. The van der Waals surface area contributed by atoms with Gasteiger partial charge in [0.25, 0.3) is 0 Å². The Morgan fingerprint density at radius 1 is 0.968 bits per heavy atom. The van der Waals surface area contributed by atoms with Crippen molar-refractivity contribution in [2.45, 2.75) is 26.7 Å². The van der Waals surface area contributed by atoms with Crippen molar-refractivity contribution >= 4 is 11.9 Å². The molecule has 1 unspecified atom stereocenters. The van der Waals surface area contributed by atoms with E-state index in [4.69, 9.17) is 23.7 Å². The SMILES string of the molecule is C=CCOC(=O)C1=C(C)NC(C)=C(C(=O)OCC)C1c1ccc(OC)c(OC)c1OC. The van der Waals surface area contributed by atoms with Crippen LogP contribution < -0.4 is 19.5 Å². The molecule has 2 rings (SSSR count). The number of nitrogens with one attached hydrogen (secondary N) is 1. The highest BCUT2D eigenvalue weighted by Crippen LogP contribution is 2.48. The van der Waals surface area contributed by atoms with Crippen molar-refractivity contribution in [2.24, 2.45) is 0 Å². The quantitative estimate of drug-likeness (QED) is 0.471. The highest BCUT2D eigenvalue weighted by Gasteiger charge is 2.40. The monoisotopic (exact) mass is 431 g/mol. The van der Waals surface area contributed by atoms with Gasteiger partial charge in [0.05, 0.1) is 45.0 Å². The first-order valence-corrected chi connectivity index (χ1v) is 9.78. The van der Waals surface area contributed by atoms with Crippen LogP contribution in [0.5, 0.6) is 17.2 Å². The zero-order valence-electron chi connectivity index (χ0n) is 18.8. The minimum absolute atomic E-state index is 0.0306. The lowest BCUT2D eigenvalue weighted by Gasteiger charge is -2.31. The first-order chi connectivity index (χ1) is 14.9. The molecule has 8 heteroatoms. The van der Waals surface area contributed by atoms with Crippen molar-refractivity contribution < 1.29 is 33.3 Å². The molecule has 0 saturated carbocycles. The second-order valence-corrected chi connectivity index (χ2v) is 6.67. The van der Waals surface area contributed by atoms with Crippen LogP contribution in [0.3, 0.4) is 0 Å². The largest absolute Gasteiger partial charge is 0.493 e. The average molecular weight is 431 g/mol. The molecule has 1 N–H and O–H groups in total. The van der Waals surface area contributed by atoms with E-state index in [0.717, 1.165) is 0 Å². The molecule has 1 aromatic carbocycles. The number of carbonyl (C=O) groups is 2. The van der Waals surface area contributed by atoms with Crippen molar-refractivity contribution in [3.8, 4) is 17.2 Å². The molecule has 0 saturated heterocycles. The smallest absolute Gasteiger partial charge is 0.337 e. The molecule has 1 atom stereocenters. The summed E-state index contributed by atoms with van der Waals surface area (Å²) in [5.41, 5.74) is 2.21. The van der Waals surface area contributed by atoms with E-state index in [-0.39, 0.29) is 24.4 Å². The average Bonchev–Trinajstić information content (AvgIpc) is 2.75. The van der Waals surface area contributed by atoms with Gasteiger partial charge in [0, 0.05) is 17.0 Å². The molecule has 1 aliphatic heterocycles. The Hall–Kier alpha value is -3.42. The van der Waals surface area contributed by atoms with E-state index in [1.807, 2.05) is 0 Å². The van der Waals surface area contributed by atoms with Crippen molar-refractivity contribution in [3.63, 3.8) is 0 Å². The van der Waals surface area contributed by atoms with Crippen LogP contribution in [0.25, 0.3) is 0 Å². The minimum atomic E-state index is -0.813. The van der Waals surface area contributed by atoms with Crippen LogP contribution in [0.2, 0.25) is 0 Å². The fourth-order valence-corrected chi connectivity index (χ4v) is 3.62. The van der Waals surface area contributed by atoms with Gasteiger partial charge in [0.15, 0.2) is 11.5 Å². The summed E-state index contributed by atoms with van der Waals surface area (Å²) >= 11 is 0. The highest BCUT2D eigenvalue weighted by molar-refractivity contribution is 6.00. The lowest BCUT2D eigenvalue weighted by atomic mass is 9.79. The first-order valence-electron chi connectivity index (χ1n) is 9.78. The Morgan fingerprint density at radius 2 is 1.55 bits per heavy atom. The summed E-state index contributed by atoms with van der Waals surface area (Å²) in [6.45, 7) is 9.01. The molecule has 0 radical (unpaired) electrons. The van der Waals surface area contributed by atoms with Gasteiger partial charge in [-0.1, -0.05) is 18.7 Å². The van der Waals surface area contributed by atoms with Gasteiger partial charge >= 0.3 is 11.9 Å². The third kappa shape index (κ3) is 4.68. The number of methoxy groups -OCH3 is 3. The van der Waals surface area contributed by atoms with Crippen LogP contribution in [-0.2, 0) is 19.1 Å². The van der Waals surface area contributed by atoms with Crippen LogP contribution >= 0.6 is 0 Å². The van der Waals surface area contributed by atoms with Gasteiger partial charge < -0.3 is 29.0 Å². The molecule has 8 nitrogen and oxygen atoms in total. The molecule has 1 aliphatic rings. The van der Waals surface area contributed by atoms with Crippen LogP contribution in [0, 0.1) is 0 Å². The van der Waals surface area contributed by atoms with Crippen LogP contribution in [0.4, 0.5) is 0 Å². The number of allylic oxidation sites excluding steroid dienone is 2. The topological polar surface area (TPSA) is 92.3 Å². The summed E-state index contributed by atoms with van der Waals surface area (Å²) in [6.07, 6.45) is 1.48. The maximum Gasteiger partial charge on any atom is 0.337 e. The van der Waals surface area contributed by atoms with Gasteiger partial charge in [-0.3, -0.25) is 0 Å². The predicted molar refractivity (Wildman–Crippen MR) is 115 cm³/mol. The molecular weight excluding hydrogens is 402 g/mol. The molecule has 0 amide bonds. The maximum absolute atomic E-state index is 13.0. The molecule has 1 heterocycles. The van der Waals surface area contributed by atoms with E-state index >= 15 is 0 Å². The third-order valence-electron chi connectivity index (χ3n) is 4.85. The Labute approximate surface area is 182 Å². The van der Waals surface area contributed by atoms with E-state index in [1.165, 1.54) is 27.4 Å². The summed E-state index contributed by atoms with van der Waals surface area (Å²) in [6, 6.07) is 3.43. The second kappa shape index (κ2) is 10.6. The predicted octanol–water partition coefficient (Wildman–Crippen LogP) is 3.24. The van der Waals surface area contributed by atoms with Crippen molar-refractivity contribution in [1.29, 1.82) is 0 Å². The van der Waals surface area contributed by atoms with Gasteiger partial charge in [0.2, 0.25) is 5.75 Å². The van der Waals surface area contributed by atoms with Crippen molar-refractivity contribution in [2.75, 3.05) is 34.5 Å². The van der Waals surface area contributed by atoms with Gasteiger partial charge in [-0.2, -0.15) is 0 Å². The number of rotatable bonds is 9. The number of hydrogen-bond donors (Lipinski definition) is 1. The zero-order valence-corrected chi connectivity index (χ0v) is 18.8. The van der Waals surface area contributed by atoms with Gasteiger partial charge in [-0.05, 0) is 26.8 Å². The van der Waals surface area contributed by atoms with Crippen LogP contribution in [0.15, 0.2) is 47.3 Å². The molecule has 168 valence electrons. The summed E-state index contributed by atoms with van der Waals surface area (Å²) in [5.74, 6) is -0.806. The summed E-state index contributed by atoms with van der Waals surface area (Å²) in [7, 11) is 4.48. The zero-order chi connectivity index (χ0) is 23.1. The van der Waals surface area contributed by atoms with Crippen molar-refractivity contribution in [1.82, 2.24) is 5.32 Å². The minimum Gasteiger partial charge on any atom is -0.493 e. The second-order valence-electron chi connectivity index (χ2n) is 6.67. The highest BCUT2D eigenvalue weighted by atomic mass is 16.5. The Bertz CT molecular complexity index is 930. The van der Waals surface area contributed by atoms with E-state index in [0.29, 0.717) is 34.2 Å². The van der Waals surface area contributed by atoms with Gasteiger partial charge in [0.1, 0.15) is 6.61 Å². The van der Waals surface area contributed by atoms with Crippen LogP contribution in [0.1, 0.15) is 32.3 Å². The molecule has 0 bridgehead atoms. The third-order valence-corrected chi connectivity index (χ3v) is 4.85. The molecular formula is C23H29NO7. The lowest BCUT2D eigenvalue weighted by molar-refractivity contribution is -0.139. The number of hydrogen-bond acceptors (Lipinski definition) is 8. The Kier molecular flexibility index (Phi) is 8.13.